The average Bonchev–Trinajstić information content (AvgIpc) is 3.73. The molecule has 0 fully saturated rings. The summed E-state index contributed by atoms with van der Waals surface area (Å²) >= 11 is 0. The summed E-state index contributed by atoms with van der Waals surface area (Å²) < 4.78 is 0. The minimum absolute atomic E-state index is 0.0238. The normalized spacial score (nSPS) is 16.8. The zero-order valence-electron chi connectivity index (χ0n) is 31.6. The van der Waals surface area contributed by atoms with Gasteiger partial charge in [0.15, 0.2) is 0 Å². The highest BCUT2D eigenvalue weighted by Crippen LogP contribution is 2.64. The molecule has 7 aromatic carbocycles. The Bertz CT molecular complexity index is 2600. The fraction of sp³-hybridized carbons (Fsp3) is 0.192. The molecular formula is C52H45N. The van der Waals surface area contributed by atoms with E-state index >= 15 is 0 Å². The van der Waals surface area contributed by atoms with Gasteiger partial charge >= 0.3 is 0 Å². The number of aryl methyl sites for hydroxylation is 1. The second-order valence-electron chi connectivity index (χ2n) is 16.8. The predicted molar refractivity (Wildman–Crippen MR) is 223 cm³/mol. The van der Waals surface area contributed by atoms with Crippen LogP contribution in [-0.4, -0.2) is 0 Å². The summed E-state index contributed by atoms with van der Waals surface area (Å²) in [7, 11) is 0. The lowest BCUT2D eigenvalue weighted by Gasteiger charge is -2.33. The van der Waals surface area contributed by atoms with E-state index in [1.54, 1.807) is 0 Å². The van der Waals surface area contributed by atoms with Gasteiger partial charge in [-0.15, -0.1) is 0 Å². The zero-order valence-corrected chi connectivity index (χ0v) is 31.6. The number of hydrogen-bond donors (Lipinski definition) is 0. The fourth-order valence-corrected chi connectivity index (χ4v) is 9.91. The van der Waals surface area contributed by atoms with Gasteiger partial charge < -0.3 is 4.90 Å². The molecule has 0 aromatic heterocycles. The zero-order chi connectivity index (χ0) is 36.3. The molecule has 53 heavy (non-hydrogen) atoms. The van der Waals surface area contributed by atoms with Gasteiger partial charge in [0.25, 0.3) is 0 Å². The third-order valence-corrected chi connectivity index (χ3v) is 12.6. The lowest BCUT2D eigenvalue weighted by atomic mass is 9.69. The Morgan fingerprint density at radius 1 is 0.434 bits per heavy atom. The van der Waals surface area contributed by atoms with E-state index in [9.17, 15) is 0 Å². The van der Waals surface area contributed by atoms with Crippen molar-refractivity contribution in [1.82, 2.24) is 0 Å². The molecule has 0 aliphatic heterocycles. The summed E-state index contributed by atoms with van der Waals surface area (Å²) in [5.41, 5.74) is 22.1. The van der Waals surface area contributed by atoms with Crippen molar-refractivity contribution in [2.24, 2.45) is 0 Å². The first-order valence-corrected chi connectivity index (χ1v) is 19.2. The van der Waals surface area contributed by atoms with Crippen molar-refractivity contribution in [2.75, 3.05) is 4.90 Å². The van der Waals surface area contributed by atoms with Gasteiger partial charge in [-0.25, -0.2) is 0 Å². The smallest absolute Gasteiger partial charge is 0.0726 e. The van der Waals surface area contributed by atoms with Crippen LogP contribution in [0.15, 0.2) is 152 Å². The van der Waals surface area contributed by atoms with Crippen LogP contribution in [0.2, 0.25) is 0 Å². The molecule has 1 atom stereocenters. The second kappa shape index (κ2) is 11.2. The van der Waals surface area contributed by atoms with Gasteiger partial charge in [0.2, 0.25) is 0 Å². The van der Waals surface area contributed by atoms with Gasteiger partial charge in [-0.2, -0.15) is 0 Å². The third-order valence-electron chi connectivity index (χ3n) is 12.6. The van der Waals surface area contributed by atoms with Crippen molar-refractivity contribution in [3.63, 3.8) is 0 Å². The number of anilines is 3. The van der Waals surface area contributed by atoms with E-state index in [0.29, 0.717) is 0 Å². The largest absolute Gasteiger partial charge is 0.310 e. The van der Waals surface area contributed by atoms with Crippen LogP contribution in [0, 0.1) is 0 Å². The van der Waals surface area contributed by atoms with Crippen LogP contribution in [0.5, 0.6) is 0 Å². The quantitative estimate of drug-likeness (QED) is 0.178. The maximum absolute atomic E-state index is 2.52. The van der Waals surface area contributed by atoms with Crippen molar-refractivity contribution >= 4 is 17.1 Å². The maximum Gasteiger partial charge on any atom is 0.0726 e. The average molecular weight is 684 g/mol. The van der Waals surface area contributed by atoms with Gasteiger partial charge in [0.05, 0.1) is 5.41 Å². The molecule has 0 bridgehead atoms. The van der Waals surface area contributed by atoms with Gasteiger partial charge in [-0.05, 0) is 126 Å². The van der Waals surface area contributed by atoms with Crippen LogP contribution in [0.25, 0.3) is 33.4 Å². The molecule has 0 radical (unpaired) electrons. The van der Waals surface area contributed by atoms with Crippen LogP contribution in [0.1, 0.15) is 86.1 Å². The van der Waals surface area contributed by atoms with Gasteiger partial charge in [0, 0.05) is 22.5 Å². The first-order valence-electron chi connectivity index (χ1n) is 19.2. The monoisotopic (exact) mass is 683 g/mol. The Balaban J connectivity index is 1.25. The summed E-state index contributed by atoms with van der Waals surface area (Å²) in [4.78, 5) is 2.48. The summed E-state index contributed by atoms with van der Waals surface area (Å²) in [6.07, 6.45) is 1.01. The highest BCUT2D eigenvalue weighted by Gasteiger charge is 2.52. The highest BCUT2D eigenvalue weighted by molar-refractivity contribution is 5.97. The molecule has 1 spiro atoms. The van der Waals surface area contributed by atoms with Gasteiger partial charge in [0.1, 0.15) is 0 Å². The van der Waals surface area contributed by atoms with Crippen LogP contribution >= 0.6 is 0 Å². The van der Waals surface area contributed by atoms with E-state index in [1.165, 1.54) is 95.0 Å². The predicted octanol–water partition coefficient (Wildman–Crippen LogP) is 13.7. The molecular weight excluding hydrogens is 639 g/mol. The molecule has 0 amide bonds. The van der Waals surface area contributed by atoms with Crippen LogP contribution in [-0.2, 0) is 22.7 Å². The number of nitrogens with zero attached hydrogens (tertiary/aromatic N) is 1. The van der Waals surface area contributed by atoms with Gasteiger partial charge in [-0.3, -0.25) is 0 Å². The summed E-state index contributed by atoms with van der Waals surface area (Å²) in [6, 6.07) is 58.1. The summed E-state index contributed by atoms with van der Waals surface area (Å²) in [5, 5.41) is 0. The van der Waals surface area contributed by atoms with Crippen molar-refractivity contribution in [2.45, 2.75) is 64.2 Å². The molecule has 10 rings (SSSR count). The van der Waals surface area contributed by atoms with Crippen molar-refractivity contribution < 1.29 is 0 Å². The van der Waals surface area contributed by atoms with E-state index in [0.717, 1.165) is 6.42 Å². The molecule has 3 aliphatic rings. The SMILES string of the molecule is CCc1ccc(N(c2ccc3c(c2)-c2ccccc2C3(C)C)c2ccc3c(c2)C2(c4ccccc4-3)c3ccccc3-c3ccc(C(C)(C)C)cc32)cc1. The Labute approximate surface area is 314 Å². The van der Waals surface area contributed by atoms with Gasteiger partial charge in [-0.1, -0.05) is 157 Å². The molecule has 1 unspecified atom stereocenters. The number of fused-ring (bicyclic) bond motifs is 13. The maximum atomic E-state index is 2.52. The molecule has 1 heteroatoms. The topological polar surface area (TPSA) is 3.24 Å². The molecule has 0 N–H and O–H groups in total. The van der Waals surface area contributed by atoms with Crippen molar-refractivity contribution in [3.8, 4) is 33.4 Å². The fourth-order valence-electron chi connectivity index (χ4n) is 9.91. The number of benzene rings is 7. The Morgan fingerprint density at radius 2 is 0.906 bits per heavy atom. The van der Waals surface area contributed by atoms with E-state index in [1.807, 2.05) is 0 Å². The minimum Gasteiger partial charge on any atom is -0.310 e. The molecule has 0 saturated heterocycles. The minimum atomic E-state index is -0.423. The first kappa shape index (κ1) is 32.0. The van der Waals surface area contributed by atoms with Crippen molar-refractivity contribution in [3.05, 3.63) is 196 Å². The van der Waals surface area contributed by atoms with Crippen molar-refractivity contribution in [1.29, 1.82) is 0 Å². The number of hydrogen-bond acceptors (Lipinski definition) is 1. The molecule has 7 aromatic rings. The van der Waals surface area contributed by atoms with E-state index in [4.69, 9.17) is 0 Å². The summed E-state index contributed by atoms with van der Waals surface area (Å²) in [5.74, 6) is 0. The standard InChI is InChI=1S/C52H45N/c1-7-33-20-23-35(24-21-33)53(36-26-29-45-43(31-36)40-16-8-11-17-44(40)51(45,5)6)37-25-28-42-39-15-10-13-19-47(39)52(49(42)32-37)46-18-12-9-14-38(46)41-27-22-34(30-48(41)52)50(2,3)4/h8-32H,7H2,1-6H3. The molecule has 0 saturated carbocycles. The summed E-state index contributed by atoms with van der Waals surface area (Å²) in [6.45, 7) is 13.9. The van der Waals surface area contributed by atoms with Crippen LogP contribution in [0.3, 0.4) is 0 Å². The third kappa shape index (κ3) is 4.37. The second-order valence-corrected chi connectivity index (χ2v) is 16.8. The lowest BCUT2D eigenvalue weighted by molar-refractivity contribution is 0.588. The van der Waals surface area contributed by atoms with E-state index in [-0.39, 0.29) is 10.8 Å². The van der Waals surface area contributed by atoms with Crippen LogP contribution < -0.4 is 4.90 Å². The molecule has 1 nitrogen and oxygen atoms in total. The number of rotatable bonds is 4. The molecule has 258 valence electrons. The van der Waals surface area contributed by atoms with Crippen LogP contribution in [0.4, 0.5) is 17.1 Å². The van der Waals surface area contributed by atoms with E-state index < -0.39 is 5.41 Å². The highest BCUT2D eigenvalue weighted by atomic mass is 15.1. The van der Waals surface area contributed by atoms with E-state index in [2.05, 4.69) is 198 Å². The molecule has 0 heterocycles. The lowest BCUT2D eigenvalue weighted by Crippen LogP contribution is -2.27. The Kier molecular flexibility index (Phi) is 6.75. The Morgan fingerprint density at radius 3 is 1.53 bits per heavy atom. The first-order chi connectivity index (χ1) is 25.6. The Hall–Kier alpha value is -5.66. The molecule has 3 aliphatic carbocycles.